The van der Waals surface area contributed by atoms with Crippen molar-refractivity contribution in [1.82, 2.24) is 9.97 Å². The van der Waals surface area contributed by atoms with Gasteiger partial charge in [-0.15, -0.1) is 0 Å². The number of anilines is 3. The van der Waals surface area contributed by atoms with Crippen molar-refractivity contribution in [1.29, 1.82) is 0 Å². The second-order valence-electron chi connectivity index (χ2n) is 7.23. The largest absolute Gasteiger partial charge is 0.378 e. The minimum Gasteiger partial charge on any atom is -0.378 e. The van der Waals surface area contributed by atoms with Crippen LogP contribution < -0.4 is 15.5 Å². The third-order valence-corrected chi connectivity index (χ3v) is 4.96. The average Bonchev–Trinajstić information content (AvgIpc) is 2.53. The van der Waals surface area contributed by atoms with Gasteiger partial charge in [0, 0.05) is 26.2 Å². The fraction of sp³-hybridized carbons (Fsp3) is 0.750. The molecule has 0 radical (unpaired) electrons. The maximum Gasteiger partial charge on any atom is 0.353 e. The highest BCUT2D eigenvalue weighted by atomic mass is 16.6. The summed E-state index contributed by atoms with van der Waals surface area (Å²) in [4.78, 5) is 24.0. The highest BCUT2D eigenvalue weighted by molar-refractivity contribution is 5.71. The Balaban J connectivity index is 1.99. The van der Waals surface area contributed by atoms with Gasteiger partial charge >= 0.3 is 5.69 Å². The smallest absolute Gasteiger partial charge is 0.353 e. The van der Waals surface area contributed by atoms with E-state index < -0.39 is 4.92 Å². The lowest BCUT2D eigenvalue weighted by Crippen LogP contribution is -2.38. The van der Waals surface area contributed by atoms with Crippen LogP contribution in [0.15, 0.2) is 0 Å². The van der Waals surface area contributed by atoms with Crippen molar-refractivity contribution in [3.05, 3.63) is 10.1 Å². The number of nitrogens with two attached hydrogens (primary N) is 1. The summed E-state index contributed by atoms with van der Waals surface area (Å²) in [5, 5.41) is 11.5. The van der Waals surface area contributed by atoms with Crippen LogP contribution in [0.25, 0.3) is 0 Å². The first-order valence-electron chi connectivity index (χ1n) is 8.77. The van der Waals surface area contributed by atoms with Gasteiger partial charge < -0.3 is 15.5 Å². The molecule has 0 spiro atoms. The van der Waals surface area contributed by atoms with Crippen molar-refractivity contribution in [2.75, 3.05) is 41.7 Å². The highest BCUT2D eigenvalue weighted by Crippen LogP contribution is 2.35. The lowest BCUT2D eigenvalue weighted by molar-refractivity contribution is -0.383. The molecule has 8 heteroatoms. The Morgan fingerprint density at radius 3 is 2.25 bits per heavy atom. The summed E-state index contributed by atoms with van der Waals surface area (Å²) in [7, 11) is 0. The molecule has 2 fully saturated rings. The molecular weight excluding hydrogens is 308 g/mol. The zero-order chi connectivity index (χ0) is 17.3. The third kappa shape index (κ3) is 3.37. The van der Waals surface area contributed by atoms with E-state index in [9.17, 15) is 10.1 Å². The van der Waals surface area contributed by atoms with Crippen LogP contribution in [0.4, 0.5) is 23.3 Å². The normalized spacial score (nSPS) is 24.9. The standard InChI is InChI=1S/C16H26N6O2/c1-11-5-3-7-20(9-11)15-13(22(23)24)14(17)18-16(19-15)21-8-4-6-12(2)10-21/h11-12H,3-10H2,1-2H3,(H2,17,18,19)/t11-,12+/m1/s1. The maximum absolute atomic E-state index is 11.5. The SMILES string of the molecule is C[C@@H]1CCCN(c2nc(N3CCC[C@H](C)C3)nc(N)c2[N+](=O)[O-])C1. The Labute approximate surface area is 142 Å². The molecule has 2 saturated heterocycles. The predicted octanol–water partition coefficient (Wildman–Crippen LogP) is 2.44. The summed E-state index contributed by atoms with van der Waals surface area (Å²) in [5.41, 5.74) is 5.80. The second kappa shape index (κ2) is 6.78. The number of aromatic nitrogens is 2. The molecule has 2 N–H and O–H groups in total. The minimum atomic E-state index is -0.452. The number of hydrogen-bond donors (Lipinski definition) is 1. The van der Waals surface area contributed by atoms with Crippen molar-refractivity contribution in [3.63, 3.8) is 0 Å². The van der Waals surface area contributed by atoms with Crippen LogP contribution in [-0.2, 0) is 0 Å². The van der Waals surface area contributed by atoms with Crippen LogP contribution in [0.1, 0.15) is 39.5 Å². The summed E-state index contributed by atoms with van der Waals surface area (Å²) >= 11 is 0. The van der Waals surface area contributed by atoms with Gasteiger partial charge in [0.05, 0.1) is 4.92 Å². The fourth-order valence-corrected chi connectivity index (χ4v) is 3.74. The molecule has 1 aromatic rings. The molecule has 0 aromatic carbocycles. The van der Waals surface area contributed by atoms with Crippen LogP contribution in [0.2, 0.25) is 0 Å². The van der Waals surface area contributed by atoms with Crippen LogP contribution in [0.5, 0.6) is 0 Å². The number of hydrogen-bond acceptors (Lipinski definition) is 7. The van der Waals surface area contributed by atoms with E-state index in [1.807, 2.05) is 4.90 Å². The van der Waals surface area contributed by atoms with Gasteiger partial charge in [-0.3, -0.25) is 10.1 Å². The first-order chi connectivity index (χ1) is 11.5. The molecule has 24 heavy (non-hydrogen) atoms. The second-order valence-corrected chi connectivity index (χ2v) is 7.23. The van der Waals surface area contributed by atoms with Crippen LogP contribution in [0, 0.1) is 22.0 Å². The summed E-state index contributed by atoms with van der Waals surface area (Å²) < 4.78 is 0. The van der Waals surface area contributed by atoms with Crippen molar-refractivity contribution in [2.45, 2.75) is 39.5 Å². The topological polar surface area (TPSA) is 101 Å². The summed E-state index contributed by atoms with van der Waals surface area (Å²) in [6.45, 7) is 7.65. The maximum atomic E-state index is 11.5. The number of rotatable bonds is 3. The van der Waals surface area contributed by atoms with Crippen molar-refractivity contribution < 1.29 is 4.92 Å². The van der Waals surface area contributed by atoms with Crippen molar-refractivity contribution in [2.24, 2.45) is 11.8 Å². The monoisotopic (exact) mass is 334 g/mol. The number of nitro groups is 1. The molecule has 132 valence electrons. The fourth-order valence-electron chi connectivity index (χ4n) is 3.74. The van der Waals surface area contributed by atoms with E-state index in [1.165, 1.54) is 6.42 Å². The minimum absolute atomic E-state index is 0.0311. The van der Waals surface area contributed by atoms with E-state index in [0.717, 1.165) is 45.4 Å². The highest BCUT2D eigenvalue weighted by Gasteiger charge is 2.31. The molecule has 2 atom stereocenters. The summed E-state index contributed by atoms with van der Waals surface area (Å²) in [5.74, 6) is 1.94. The molecule has 3 rings (SSSR count). The van der Waals surface area contributed by atoms with Crippen LogP contribution in [0.3, 0.4) is 0 Å². The Bertz CT molecular complexity index is 623. The van der Waals surface area contributed by atoms with Gasteiger partial charge in [-0.1, -0.05) is 13.8 Å². The number of nitrogen functional groups attached to an aromatic ring is 1. The van der Waals surface area contributed by atoms with E-state index in [1.54, 1.807) is 0 Å². The summed E-state index contributed by atoms with van der Waals surface area (Å²) in [6, 6.07) is 0. The molecule has 2 aliphatic rings. The summed E-state index contributed by atoms with van der Waals surface area (Å²) in [6.07, 6.45) is 4.42. The van der Waals surface area contributed by atoms with Crippen LogP contribution >= 0.6 is 0 Å². The van der Waals surface area contributed by atoms with Gasteiger partial charge in [-0.25, -0.2) is 0 Å². The van der Waals surface area contributed by atoms with E-state index in [-0.39, 0.29) is 11.5 Å². The number of nitrogens with zero attached hydrogens (tertiary/aromatic N) is 5. The lowest BCUT2D eigenvalue weighted by Gasteiger charge is -2.34. The predicted molar refractivity (Wildman–Crippen MR) is 94.3 cm³/mol. The quantitative estimate of drug-likeness (QED) is 0.669. The van der Waals surface area contributed by atoms with E-state index >= 15 is 0 Å². The van der Waals surface area contributed by atoms with Gasteiger partial charge in [0.15, 0.2) is 0 Å². The molecule has 0 aliphatic carbocycles. The Hall–Kier alpha value is -2.12. The van der Waals surface area contributed by atoms with Crippen LogP contribution in [-0.4, -0.2) is 41.1 Å². The molecule has 0 amide bonds. The van der Waals surface area contributed by atoms with Gasteiger partial charge in [0.2, 0.25) is 17.6 Å². The Morgan fingerprint density at radius 2 is 1.67 bits per heavy atom. The molecule has 0 bridgehead atoms. The zero-order valence-corrected chi connectivity index (χ0v) is 14.4. The zero-order valence-electron chi connectivity index (χ0n) is 14.4. The molecule has 8 nitrogen and oxygen atoms in total. The first-order valence-corrected chi connectivity index (χ1v) is 8.77. The third-order valence-electron chi connectivity index (χ3n) is 4.96. The van der Waals surface area contributed by atoms with Crippen molar-refractivity contribution in [3.8, 4) is 0 Å². The molecule has 0 unspecified atom stereocenters. The van der Waals surface area contributed by atoms with E-state index in [4.69, 9.17) is 5.73 Å². The molecule has 2 aliphatic heterocycles. The molecule has 1 aromatic heterocycles. The van der Waals surface area contributed by atoms with Gasteiger partial charge in [0.1, 0.15) is 0 Å². The molecule has 3 heterocycles. The Morgan fingerprint density at radius 1 is 1.08 bits per heavy atom. The van der Waals surface area contributed by atoms with Gasteiger partial charge in [-0.05, 0) is 37.5 Å². The molecular formula is C16H26N6O2. The number of piperidine rings is 2. The Kier molecular flexibility index (Phi) is 4.73. The van der Waals surface area contributed by atoms with E-state index in [0.29, 0.717) is 23.6 Å². The van der Waals surface area contributed by atoms with E-state index in [2.05, 4.69) is 28.7 Å². The van der Waals surface area contributed by atoms with Crippen molar-refractivity contribution >= 4 is 23.3 Å². The average molecular weight is 334 g/mol. The first kappa shape index (κ1) is 16.7. The molecule has 0 saturated carbocycles. The lowest BCUT2D eigenvalue weighted by atomic mass is 10.0. The van der Waals surface area contributed by atoms with Gasteiger partial charge in [0.25, 0.3) is 0 Å². The van der Waals surface area contributed by atoms with Gasteiger partial charge in [-0.2, -0.15) is 9.97 Å².